The third-order valence-corrected chi connectivity index (χ3v) is 3.63. The van der Waals surface area contributed by atoms with E-state index in [4.69, 9.17) is 38.2 Å². The van der Waals surface area contributed by atoms with Crippen molar-refractivity contribution >= 4 is 29.1 Å². The number of carbonyl (C=O) groups is 1. The van der Waals surface area contributed by atoms with E-state index < -0.39 is 5.54 Å². The first kappa shape index (κ1) is 17.6. The molecule has 1 amide bonds. The standard InChI is InChI=1S/C15H17Cl2N3O3/c1-15(2,8-18)19-14(21)12-6-9(23-20-12)7-22-13-10(16)4-3-5-11(13)17/h3-6H,7-8,18H2,1-2H3,(H,19,21). The van der Waals surface area contributed by atoms with Gasteiger partial charge >= 0.3 is 0 Å². The van der Waals surface area contributed by atoms with Gasteiger partial charge in [0, 0.05) is 18.2 Å². The molecule has 2 aromatic rings. The number of benzene rings is 1. The molecule has 124 valence electrons. The Morgan fingerprint density at radius 2 is 2.04 bits per heavy atom. The van der Waals surface area contributed by atoms with Gasteiger partial charge in [-0.25, -0.2) is 0 Å². The van der Waals surface area contributed by atoms with Crippen molar-refractivity contribution in [2.75, 3.05) is 6.54 Å². The molecule has 0 aliphatic carbocycles. The second kappa shape index (κ2) is 7.21. The number of amides is 1. The van der Waals surface area contributed by atoms with Crippen LogP contribution in [0.3, 0.4) is 0 Å². The summed E-state index contributed by atoms with van der Waals surface area (Å²) >= 11 is 12.0. The summed E-state index contributed by atoms with van der Waals surface area (Å²) < 4.78 is 10.6. The monoisotopic (exact) mass is 357 g/mol. The molecule has 8 heteroatoms. The van der Waals surface area contributed by atoms with Crippen molar-refractivity contribution in [1.82, 2.24) is 10.5 Å². The molecular weight excluding hydrogens is 341 g/mol. The first-order valence-electron chi connectivity index (χ1n) is 6.87. The molecule has 0 unspecified atom stereocenters. The molecule has 1 aromatic carbocycles. The predicted molar refractivity (Wildman–Crippen MR) is 87.9 cm³/mol. The van der Waals surface area contributed by atoms with Gasteiger partial charge in [-0.2, -0.15) is 0 Å². The molecule has 0 aliphatic heterocycles. The molecule has 0 saturated heterocycles. The minimum atomic E-state index is -0.530. The fourth-order valence-corrected chi connectivity index (χ4v) is 2.18. The lowest BCUT2D eigenvalue weighted by molar-refractivity contribution is 0.0906. The van der Waals surface area contributed by atoms with E-state index in [0.29, 0.717) is 28.1 Å². The number of rotatable bonds is 6. The normalized spacial score (nSPS) is 11.3. The van der Waals surface area contributed by atoms with Gasteiger partial charge in [-0.1, -0.05) is 34.4 Å². The SMILES string of the molecule is CC(C)(CN)NC(=O)c1cc(COc2c(Cl)cccc2Cl)on1. The van der Waals surface area contributed by atoms with Crippen LogP contribution < -0.4 is 15.8 Å². The van der Waals surface area contributed by atoms with Crippen LogP contribution in [0.1, 0.15) is 30.1 Å². The molecule has 0 radical (unpaired) electrons. The van der Waals surface area contributed by atoms with Gasteiger partial charge in [0.25, 0.3) is 5.91 Å². The molecule has 23 heavy (non-hydrogen) atoms. The minimum absolute atomic E-state index is 0.0456. The van der Waals surface area contributed by atoms with Gasteiger partial charge in [0.1, 0.15) is 6.61 Å². The number of carbonyl (C=O) groups excluding carboxylic acids is 1. The van der Waals surface area contributed by atoms with Crippen molar-refractivity contribution in [1.29, 1.82) is 0 Å². The summed E-state index contributed by atoms with van der Waals surface area (Å²) in [6.45, 7) is 3.98. The highest BCUT2D eigenvalue weighted by molar-refractivity contribution is 6.37. The highest BCUT2D eigenvalue weighted by atomic mass is 35.5. The van der Waals surface area contributed by atoms with Crippen molar-refractivity contribution in [3.63, 3.8) is 0 Å². The lowest BCUT2D eigenvalue weighted by Crippen LogP contribution is -2.48. The fraction of sp³-hybridized carbons (Fsp3) is 0.333. The topological polar surface area (TPSA) is 90.4 Å². The third-order valence-electron chi connectivity index (χ3n) is 3.03. The first-order chi connectivity index (χ1) is 10.8. The highest BCUT2D eigenvalue weighted by Crippen LogP contribution is 2.32. The quantitative estimate of drug-likeness (QED) is 0.828. The summed E-state index contributed by atoms with van der Waals surface area (Å²) in [5.41, 5.74) is 5.19. The van der Waals surface area contributed by atoms with E-state index in [1.807, 2.05) is 13.8 Å². The molecule has 0 saturated carbocycles. The van der Waals surface area contributed by atoms with Crippen molar-refractivity contribution < 1.29 is 14.1 Å². The number of ether oxygens (including phenoxy) is 1. The molecule has 2 rings (SSSR count). The number of aromatic nitrogens is 1. The Morgan fingerprint density at radius 1 is 1.39 bits per heavy atom. The molecule has 6 nitrogen and oxygen atoms in total. The summed E-state index contributed by atoms with van der Waals surface area (Å²) in [7, 11) is 0. The third kappa shape index (κ3) is 4.60. The van der Waals surface area contributed by atoms with Crippen LogP contribution in [0.4, 0.5) is 0 Å². The molecule has 1 aromatic heterocycles. The Bertz CT molecular complexity index is 681. The van der Waals surface area contributed by atoms with Gasteiger partial charge in [0.15, 0.2) is 17.2 Å². The van der Waals surface area contributed by atoms with Gasteiger partial charge in [-0.15, -0.1) is 0 Å². The molecule has 0 fully saturated rings. The zero-order chi connectivity index (χ0) is 17.0. The molecule has 3 N–H and O–H groups in total. The number of para-hydroxylation sites is 1. The van der Waals surface area contributed by atoms with E-state index in [0.717, 1.165) is 0 Å². The Morgan fingerprint density at radius 3 is 2.65 bits per heavy atom. The van der Waals surface area contributed by atoms with Gasteiger partial charge in [-0.3, -0.25) is 4.79 Å². The largest absolute Gasteiger partial charge is 0.482 e. The van der Waals surface area contributed by atoms with Crippen LogP contribution >= 0.6 is 23.2 Å². The van der Waals surface area contributed by atoms with Crippen molar-refractivity contribution in [3.05, 3.63) is 45.8 Å². The molecular formula is C15H17Cl2N3O3. The number of hydrogen-bond donors (Lipinski definition) is 2. The average molecular weight is 358 g/mol. The van der Waals surface area contributed by atoms with Crippen molar-refractivity contribution in [3.8, 4) is 5.75 Å². The van der Waals surface area contributed by atoms with Crippen LogP contribution in [0.15, 0.2) is 28.8 Å². The Kier molecular flexibility index (Phi) is 5.51. The summed E-state index contributed by atoms with van der Waals surface area (Å²) in [6.07, 6.45) is 0. The predicted octanol–water partition coefficient (Wildman–Crippen LogP) is 3.03. The Balaban J connectivity index is 2.01. The highest BCUT2D eigenvalue weighted by Gasteiger charge is 2.22. The maximum Gasteiger partial charge on any atom is 0.273 e. The van der Waals surface area contributed by atoms with Gasteiger partial charge in [-0.05, 0) is 26.0 Å². The second-order valence-electron chi connectivity index (χ2n) is 5.56. The number of hydrogen-bond acceptors (Lipinski definition) is 5. The summed E-state index contributed by atoms with van der Waals surface area (Å²) in [4.78, 5) is 12.0. The lowest BCUT2D eigenvalue weighted by Gasteiger charge is -2.23. The van der Waals surface area contributed by atoms with E-state index in [-0.39, 0.29) is 18.2 Å². The van der Waals surface area contributed by atoms with Crippen molar-refractivity contribution in [2.24, 2.45) is 5.73 Å². The second-order valence-corrected chi connectivity index (χ2v) is 6.37. The smallest absolute Gasteiger partial charge is 0.273 e. The maximum absolute atomic E-state index is 12.0. The molecule has 0 atom stereocenters. The van der Waals surface area contributed by atoms with E-state index in [1.165, 1.54) is 6.07 Å². The van der Waals surface area contributed by atoms with E-state index >= 15 is 0 Å². The van der Waals surface area contributed by atoms with Crippen LogP contribution in [0.2, 0.25) is 10.0 Å². The first-order valence-corrected chi connectivity index (χ1v) is 7.63. The maximum atomic E-state index is 12.0. The van der Waals surface area contributed by atoms with Crippen LogP contribution in [-0.2, 0) is 6.61 Å². The Labute approximate surface area is 143 Å². The zero-order valence-corrected chi connectivity index (χ0v) is 14.2. The van der Waals surface area contributed by atoms with Crippen molar-refractivity contribution in [2.45, 2.75) is 26.0 Å². The molecule has 1 heterocycles. The van der Waals surface area contributed by atoms with E-state index in [1.54, 1.807) is 18.2 Å². The number of halogens is 2. The summed E-state index contributed by atoms with van der Waals surface area (Å²) in [5.74, 6) is 0.352. The van der Waals surface area contributed by atoms with E-state index in [2.05, 4.69) is 10.5 Å². The van der Waals surface area contributed by atoms with Crippen LogP contribution in [0, 0.1) is 0 Å². The lowest BCUT2D eigenvalue weighted by atomic mass is 10.1. The fourth-order valence-electron chi connectivity index (χ4n) is 1.67. The number of nitrogens with zero attached hydrogens (tertiary/aromatic N) is 1. The van der Waals surface area contributed by atoms with Gasteiger partial charge < -0.3 is 20.3 Å². The Hall–Kier alpha value is -1.76. The van der Waals surface area contributed by atoms with Crippen LogP contribution in [-0.4, -0.2) is 23.1 Å². The van der Waals surface area contributed by atoms with Gasteiger partial charge in [0.2, 0.25) is 0 Å². The van der Waals surface area contributed by atoms with E-state index in [9.17, 15) is 4.79 Å². The molecule has 0 bridgehead atoms. The van der Waals surface area contributed by atoms with Crippen LogP contribution in [0.5, 0.6) is 5.75 Å². The molecule has 0 spiro atoms. The number of nitrogens with one attached hydrogen (secondary N) is 1. The minimum Gasteiger partial charge on any atom is -0.482 e. The average Bonchev–Trinajstić information content (AvgIpc) is 2.95. The number of nitrogens with two attached hydrogens (primary N) is 1. The summed E-state index contributed by atoms with van der Waals surface area (Å²) in [6, 6.07) is 6.54. The molecule has 0 aliphatic rings. The summed E-state index contributed by atoms with van der Waals surface area (Å²) in [5, 5.41) is 7.25. The van der Waals surface area contributed by atoms with Gasteiger partial charge in [0.05, 0.1) is 10.0 Å². The van der Waals surface area contributed by atoms with Crippen LogP contribution in [0.25, 0.3) is 0 Å². The zero-order valence-electron chi connectivity index (χ0n) is 12.7.